The third-order valence-electron chi connectivity index (χ3n) is 3.94. The minimum absolute atomic E-state index is 0.00659. The van der Waals surface area contributed by atoms with Crippen molar-refractivity contribution in [1.29, 1.82) is 0 Å². The second kappa shape index (κ2) is 6.88. The molecule has 1 aliphatic heterocycles. The van der Waals surface area contributed by atoms with Gasteiger partial charge in [0.2, 0.25) is 0 Å². The first-order chi connectivity index (χ1) is 10.2. The molecule has 0 bridgehead atoms. The van der Waals surface area contributed by atoms with Gasteiger partial charge in [0.15, 0.2) is 0 Å². The number of hydrogen-bond donors (Lipinski definition) is 1. The average molecular weight is 311 g/mol. The maximum Gasteiger partial charge on any atom is 0.495 e. The maximum atomic E-state index is 13.9. The molecule has 1 saturated heterocycles. The van der Waals surface area contributed by atoms with Gasteiger partial charge in [-0.3, -0.25) is 0 Å². The number of anilines is 1. The predicted molar refractivity (Wildman–Crippen MR) is 89.0 cm³/mol. The Labute approximate surface area is 133 Å². The monoisotopic (exact) mass is 311 g/mol. The van der Waals surface area contributed by atoms with E-state index in [4.69, 9.17) is 19.8 Å². The maximum absolute atomic E-state index is 13.9. The number of halogens is 1. The molecule has 1 aromatic carbocycles. The van der Waals surface area contributed by atoms with Gasteiger partial charge in [0.25, 0.3) is 0 Å². The van der Waals surface area contributed by atoms with Crippen molar-refractivity contribution in [1.82, 2.24) is 0 Å². The zero-order chi connectivity index (χ0) is 17.1. The van der Waals surface area contributed by atoms with Gasteiger partial charge >= 0.3 is 7.12 Å². The number of benzene rings is 1. The first kappa shape index (κ1) is 18.8. The first-order valence-electron chi connectivity index (χ1n) is 7.75. The van der Waals surface area contributed by atoms with Gasteiger partial charge in [-0.2, -0.15) is 0 Å². The fourth-order valence-corrected chi connectivity index (χ4v) is 2.00. The summed E-state index contributed by atoms with van der Waals surface area (Å²) in [5.74, 6) is -0.210. The van der Waals surface area contributed by atoms with Gasteiger partial charge < -0.3 is 19.8 Å². The number of hydrogen-bond acceptors (Lipinski definition) is 4. The highest BCUT2D eigenvalue weighted by molar-refractivity contribution is 6.62. The third-order valence-corrected chi connectivity index (χ3v) is 3.94. The molecular weight excluding hydrogens is 284 g/mol. The standard InChI is InChI=1S/C14H21BFNO3.C2H6/c1-6-18-11-8-9(7-10(16)12(11)17)15-19-13(2,3)14(4,5)20-15;1-2/h7-8H,6,17H2,1-5H3;1-2H3. The average Bonchev–Trinajstić information content (AvgIpc) is 2.66. The molecule has 2 rings (SSSR count). The molecule has 4 nitrogen and oxygen atoms in total. The highest BCUT2D eigenvalue weighted by Gasteiger charge is 2.51. The number of ether oxygens (including phenoxy) is 1. The van der Waals surface area contributed by atoms with Crippen LogP contribution in [0.5, 0.6) is 5.75 Å². The van der Waals surface area contributed by atoms with Crippen LogP contribution in [0.25, 0.3) is 0 Å². The summed E-state index contributed by atoms with van der Waals surface area (Å²) in [6.45, 7) is 14.0. The van der Waals surface area contributed by atoms with Gasteiger partial charge in [-0.05, 0) is 52.2 Å². The largest absolute Gasteiger partial charge is 0.495 e. The van der Waals surface area contributed by atoms with Crippen molar-refractivity contribution in [3.63, 3.8) is 0 Å². The lowest BCUT2D eigenvalue weighted by Crippen LogP contribution is -2.41. The van der Waals surface area contributed by atoms with Crippen LogP contribution in [-0.2, 0) is 9.31 Å². The summed E-state index contributed by atoms with van der Waals surface area (Å²) in [6, 6.07) is 3.00. The molecule has 0 unspecified atom stereocenters. The summed E-state index contributed by atoms with van der Waals surface area (Å²) < 4.78 is 31.0. The van der Waals surface area contributed by atoms with Crippen LogP contribution in [0.1, 0.15) is 48.5 Å². The van der Waals surface area contributed by atoms with Gasteiger partial charge in [-0.25, -0.2) is 4.39 Å². The van der Waals surface area contributed by atoms with Gasteiger partial charge in [0, 0.05) is 0 Å². The fourth-order valence-electron chi connectivity index (χ4n) is 2.00. The van der Waals surface area contributed by atoms with E-state index >= 15 is 0 Å². The summed E-state index contributed by atoms with van der Waals surface area (Å²) in [5.41, 5.74) is 5.29. The van der Waals surface area contributed by atoms with E-state index in [0.29, 0.717) is 17.8 Å². The molecule has 0 aliphatic carbocycles. The smallest absolute Gasteiger partial charge is 0.492 e. The Bertz CT molecular complexity index is 504. The lowest BCUT2D eigenvalue weighted by atomic mass is 9.79. The summed E-state index contributed by atoms with van der Waals surface area (Å²) in [4.78, 5) is 0. The SMILES string of the molecule is CC.CCOc1cc(B2OC(C)(C)C(C)(C)O2)cc(F)c1N. The van der Waals surface area contributed by atoms with E-state index < -0.39 is 24.1 Å². The summed E-state index contributed by atoms with van der Waals surface area (Å²) in [6.07, 6.45) is 0. The molecule has 6 heteroatoms. The van der Waals surface area contributed by atoms with Gasteiger partial charge in [-0.1, -0.05) is 13.8 Å². The molecule has 0 radical (unpaired) electrons. The Morgan fingerprint density at radius 1 is 1.14 bits per heavy atom. The molecular formula is C16H27BFNO3. The Morgan fingerprint density at radius 2 is 1.64 bits per heavy atom. The van der Waals surface area contributed by atoms with Gasteiger partial charge in [0.05, 0.1) is 17.8 Å². The second-order valence-corrected chi connectivity index (χ2v) is 5.94. The minimum atomic E-state index is -0.630. The van der Waals surface area contributed by atoms with Crippen LogP contribution in [0.4, 0.5) is 10.1 Å². The van der Waals surface area contributed by atoms with E-state index in [2.05, 4.69) is 0 Å². The Morgan fingerprint density at radius 3 is 2.09 bits per heavy atom. The zero-order valence-electron chi connectivity index (χ0n) is 14.6. The topological polar surface area (TPSA) is 53.7 Å². The van der Waals surface area contributed by atoms with Crippen molar-refractivity contribution in [2.45, 2.75) is 59.7 Å². The van der Waals surface area contributed by atoms with Crippen molar-refractivity contribution >= 4 is 18.3 Å². The Balaban J connectivity index is 0.00000116. The normalized spacial score (nSPS) is 18.6. The van der Waals surface area contributed by atoms with Gasteiger partial charge in [0.1, 0.15) is 17.3 Å². The van der Waals surface area contributed by atoms with E-state index in [1.54, 1.807) is 6.07 Å². The van der Waals surface area contributed by atoms with Crippen LogP contribution in [0, 0.1) is 5.82 Å². The molecule has 0 amide bonds. The summed E-state index contributed by atoms with van der Waals surface area (Å²) in [5, 5.41) is 0. The van der Waals surface area contributed by atoms with E-state index in [1.807, 2.05) is 48.5 Å². The van der Waals surface area contributed by atoms with Crippen LogP contribution in [-0.4, -0.2) is 24.9 Å². The zero-order valence-corrected chi connectivity index (χ0v) is 14.6. The summed E-state index contributed by atoms with van der Waals surface area (Å²) >= 11 is 0. The molecule has 1 aromatic rings. The highest BCUT2D eigenvalue weighted by Crippen LogP contribution is 2.37. The molecule has 0 spiro atoms. The Kier molecular flexibility index (Phi) is 5.87. The van der Waals surface area contributed by atoms with E-state index in [0.717, 1.165) is 0 Å². The second-order valence-electron chi connectivity index (χ2n) is 5.94. The van der Waals surface area contributed by atoms with Crippen molar-refractivity contribution in [3.8, 4) is 5.75 Å². The number of nitrogen functional groups attached to an aromatic ring is 1. The van der Waals surface area contributed by atoms with E-state index in [-0.39, 0.29) is 5.69 Å². The molecule has 124 valence electrons. The molecule has 22 heavy (non-hydrogen) atoms. The third kappa shape index (κ3) is 3.55. The molecule has 1 aliphatic rings. The predicted octanol–water partition coefficient (Wildman–Crippen LogP) is 3.13. The van der Waals surface area contributed by atoms with Crippen LogP contribution >= 0.6 is 0 Å². The summed E-state index contributed by atoms with van der Waals surface area (Å²) in [7, 11) is -0.630. The van der Waals surface area contributed by atoms with Crippen molar-refractivity contribution in [3.05, 3.63) is 17.9 Å². The van der Waals surface area contributed by atoms with Gasteiger partial charge in [-0.15, -0.1) is 0 Å². The quantitative estimate of drug-likeness (QED) is 0.688. The van der Waals surface area contributed by atoms with Crippen LogP contribution in [0.15, 0.2) is 12.1 Å². The van der Waals surface area contributed by atoms with Crippen molar-refractivity contribution < 1.29 is 18.4 Å². The van der Waals surface area contributed by atoms with Crippen LogP contribution < -0.4 is 15.9 Å². The molecule has 1 fully saturated rings. The minimum Gasteiger partial charge on any atom is -0.492 e. The van der Waals surface area contributed by atoms with Crippen molar-refractivity contribution in [2.75, 3.05) is 12.3 Å². The Hall–Kier alpha value is -1.27. The lowest BCUT2D eigenvalue weighted by Gasteiger charge is -2.32. The first-order valence-corrected chi connectivity index (χ1v) is 7.75. The fraction of sp³-hybridized carbons (Fsp3) is 0.625. The molecule has 0 aromatic heterocycles. The van der Waals surface area contributed by atoms with Crippen molar-refractivity contribution in [2.24, 2.45) is 0 Å². The molecule has 1 heterocycles. The molecule has 0 saturated carbocycles. The number of rotatable bonds is 3. The molecule has 0 atom stereocenters. The highest BCUT2D eigenvalue weighted by atomic mass is 19.1. The number of nitrogens with two attached hydrogens (primary N) is 1. The molecule has 2 N–H and O–H groups in total. The van der Waals surface area contributed by atoms with Crippen LogP contribution in [0.3, 0.4) is 0 Å². The van der Waals surface area contributed by atoms with Crippen LogP contribution in [0.2, 0.25) is 0 Å². The van der Waals surface area contributed by atoms with E-state index in [9.17, 15) is 4.39 Å². The lowest BCUT2D eigenvalue weighted by molar-refractivity contribution is 0.00578. The van der Waals surface area contributed by atoms with E-state index in [1.165, 1.54) is 6.07 Å².